The molecule has 1 heterocycles. The SMILES string of the molecule is CC1CCC(C(N)=O)CN1C(=O)c1cc(O)ccc1Cl. The molecule has 2 rings (SSSR count). The van der Waals surface area contributed by atoms with Crippen LogP contribution in [-0.4, -0.2) is 34.4 Å². The third kappa shape index (κ3) is 2.88. The van der Waals surface area contributed by atoms with Crippen molar-refractivity contribution in [1.29, 1.82) is 0 Å². The van der Waals surface area contributed by atoms with E-state index in [-0.39, 0.29) is 34.2 Å². The first kappa shape index (κ1) is 14.7. The maximum atomic E-state index is 12.5. The number of aromatic hydroxyl groups is 1. The van der Waals surface area contributed by atoms with Gasteiger partial charge in [-0.3, -0.25) is 9.59 Å². The van der Waals surface area contributed by atoms with E-state index in [1.165, 1.54) is 18.2 Å². The van der Waals surface area contributed by atoms with Crippen molar-refractivity contribution in [3.8, 4) is 5.75 Å². The number of primary amides is 1. The van der Waals surface area contributed by atoms with Crippen LogP contribution in [0.4, 0.5) is 0 Å². The Bertz CT molecular complexity index is 547. The van der Waals surface area contributed by atoms with Crippen LogP contribution < -0.4 is 5.73 Å². The zero-order valence-electron chi connectivity index (χ0n) is 11.2. The number of hydrogen-bond donors (Lipinski definition) is 2. The lowest BCUT2D eigenvalue weighted by atomic mass is 9.92. The summed E-state index contributed by atoms with van der Waals surface area (Å²) in [6, 6.07) is 4.25. The van der Waals surface area contributed by atoms with E-state index in [4.69, 9.17) is 17.3 Å². The van der Waals surface area contributed by atoms with E-state index in [1.54, 1.807) is 4.90 Å². The number of nitrogens with zero attached hydrogens (tertiary/aromatic N) is 1. The fourth-order valence-corrected chi connectivity index (χ4v) is 2.65. The van der Waals surface area contributed by atoms with Crippen LogP contribution in [0.15, 0.2) is 18.2 Å². The number of phenols is 1. The van der Waals surface area contributed by atoms with Crippen molar-refractivity contribution in [2.45, 2.75) is 25.8 Å². The van der Waals surface area contributed by atoms with Crippen LogP contribution in [0.3, 0.4) is 0 Å². The average molecular weight is 297 g/mol. The molecule has 0 spiro atoms. The first-order valence-electron chi connectivity index (χ1n) is 6.49. The smallest absolute Gasteiger partial charge is 0.255 e. The quantitative estimate of drug-likeness (QED) is 0.872. The molecule has 1 aliphatic heterocycles. The van der Waals surface area contributed by atoms with Crippen LogP contribution in [0, 0.1) is 5.92 Å². The van der Waals surface area contributed by atoms with Gasteiger partial charge in [0.2, 0.25) is 5.91 Å². The Balaban J connectivity index is 2.26. The van der Waals surface area contributed by atoms with Crippen LogP contribution in [-0.2, 0) is 4.79 Å². The monoisotopic (exact) mass is 296 g/mol. The second kappa shape index (κ2) is 5.71. The van der Waals surface area contributed by atoms with E-state index in [0.29, 0.717) is 13.0 Å². The highest BCUT2D eigenvalue weighted by atomic mass is 35.5. The van der Waals surface area contributed by atoms with Gasteiger partial charge < -0.3 is 15.7 Å². The highest BCUT2D eigenvalue weighted by Crippen LogP contribution is 2.27. The topological polar surface area (TPSA) is 83.6 Å². The lowest BCUT2D eigenvalue weighted by Crippen LogP contribution is -2.48. The number of benzene rings is 1. The summed E-state index contributed by atoms with van der Waals surface area (Å²) >= 11 is 6.01. The zero-order valence-corrected chi connectivity index (χ0v) is 11.9. The highest BCUT2D eigenvalue weighted by molar-refractivity contribution is 6.33. The number of rotatable bonds is 2. The van der Waals surface area contributed by atoms with Gasteiger partial charge in [-0.25, -0.2) is 0 Å². The van der Waals surface area contributed by atoms with Gasteiger partial charge in [-0.1, -0.05) is 11.6 Å². The number of phenolic OH excluding ortho intramolecular Hbond substituents is 1. The summed E-state index contributed by atoms with van der Waals surface area (Å²) in [6.45, 7) is 2.22. The molecule has 5 nitrogen and oxygen atoms in total. The number of carbonyl (C=O) groups is 2. The van der Waals surface area contributed by atoms with Gasteiger partial charge in [0, 0.05) is 12.6 Å². The number of nitrogens with two attached hydrogens (primary N) is 1. The standard InChI is InChI=1S/C14H17ClN2O3/c1-8-2-3-9(13(16)19)7-17(8)14(20)11-6-10(18)4-5-12(11)15/h4-6,8-9,18H,2-3,7H2,1H3,(H2,16,19). The molecule has 3 N–H and O–H groups in total. The molecule has 1 aromatic carbocycles. The van der Waals surface area contributed by atoms with E-state index in [0.717, 1.165) is 6.42 Å². The van der Waals surface area contributed by atoms with Gasteiger partial charge in [0.25, 0.3) is 5.91 Å². The molecular formula is C14H17ClN2O3. The number of carbonyl (C=O) groups excluding carboxylic acids is 2. The number of amides is 2. The second-order valence-corrected chi connectivity index (χ2v) is 5.55. The van der Waals surface area contributed by atoms with Crippen molar-refractivity contribution in [2.24, 2.45) is 11.7 Å². The van der Waals surface area contributed by atoms with Gasteiger partial charge in [0.15, 0.2) is 0 Å². The predicted molar refractivity (Wildman–Crippen MR) is 75.5 cm³/mol. The van der Waals surface area contributed by atoms with Crippen LogP contribution in [0.5, 0.6) is 5.75 Å². The Hall–Kier alpha value is -1.75. The Kier molecular flexibility index (Phi) is 4.18. The summed E-state index contributed by atoms with van der Waals surface area (Å²) in [5.41, 5.74) is 5.56. The van der Waals surface area contributed by atoms with Gasteiger partial charge in [0.05, 0.1) is 16.5 Å². The summed E-state index contributed by atoms with van der Waals surface area (Å²) in [4.78, 5) is 25.4. The van der Waals surface area contributed by atoms with E-state index >= 15 is 0 Å². The first-order chi connectivity index (χ1) is 9.40. The third-order valence-electron chi connectivity index (χ3n) is 3.73. The molecule has 2 atom stereocenters. The molecule has 0 saturated carbocycles. The number of halogens is 1. The fraction of sp³-hybridized carbons (Fsp3) is 0.429. The molecule has 1 fully saturated rings. The number of likely N-dealkylation sites (tertiary alicyclic amines) is 1. The molecule has 2 amide bonds. The largest absolute Gasteiger partial charge is 0.508 e. The maximum Gasteiger partial charge on any atom is 0.255 e. The molecule has 6 heteroatoms. The number of piperidine rings is 1. The van der Waals surface area contributed by atoms with Crippen molar-refractivity contribution in [1.82, 2.24) is 4.90 Å². The maximum absolute atomic E-state index is 12.5. The van der Waals surface area contributed by atoms with Crippen LogP contribution in [0.25, 0.3) is 0 Å². The summed E-state index contributed by atoms with van der Waals surface area (Å²) in [5.74, 6) is -1.03. The van der Waals surface area contributed by atoms with Crippen molar-refractivity contribution in [2.75, 3.05) is 6.54 Å². The number of hydrogen-bond acceptors (Lipinski definition) is 3. The molecule has 0 radical (unpaired) electrons. The summed E-state index contributed by atoms with van der Waals surface area (Å²) < 4.78 is 0. The Morgan fingerprint density at radius 1 is 1.40 bits per heavy atom. The Labute approximate surface area is 122 Å². The highest BCUT2D eigenvalue weighted by Gasteiger charge is 2.32. The molecular weight excluding hydrogens is 280 g/mol. The summed E-state index contributed by atoms with van der Waals surface area (Å²) in [5, 5.41) is 9.77. The van der Waals surface area contributed by atoms with Crippen molar-refractivity contribution in [3.63, 3.8) is 0 Å². The minimum Gasteiger partial charge on any atom is -0.508 e. The zero-order chi connectivity index (χ0) is 14.9. The first-order valence-corrected chi connectivity index (χ1v) is 6.86. The van der Waals surface area contributed by atoms with Crippen molar-refractivity contribution >= 4 is 23.4 Å². The van der Waals surface area contributed by atoms with E-state index < -0.39 is 5.91 Å². The van der Waals surface area contributed by atoms with Gasteiger partial charge in [-0.05, 0) is 38.0 Å². The van der Waals surface area contributed by atoms with Gasteiger partial charge in [0.1, 0.15) is 5.75 Å². The summed E-state index contributed by atoms with van der Waals surface area (Å²) in [6.07, 6.45) is 1.41. The lowest BCUT2D eigenvalue weighted by Gasteiger charge is -2.37. The lowest BCUT2D eigenvalue weighted by molar-refractivity contribution is -0.123. The van der Waals surface area contributed by atoms with Gasteiger partial charge in [-0.2, -0.15) is 0 Å². The molecule has 0 bridgehead atoms. The minimum absolute atomic E-state index is 0.0107. The average Bonchev–Trinajstić information content (AvgIpc) is 2.41. The molecule has 0 aliphatic carbocycles. The molecule has 2 unspecified atom stereocenters. The van der Waals surface area contributed by atoms with Crippen LogP contribution in [0.1, 0.15) is 30.1 Å². The Morgan fingerprint density at radius 2 is 2.10 bits per heavy atom. The van der Waals surface area contributed by atoms with Gasteiger partial charge in [-0.15, -0.1) is 0 Å². The Morgan fingerprint density at radius 3 is 2.75 bits per heavy atom. The van der Waals surface area contributed by atoms with Crippen molar-refractivity contribution in [3.05, 3.63) is 28.8 Å². The normalized spacial score (nSPS) is 22.6. The molecule has 1 aromatic rings. The molecule has 108 valence electrons. The molecule has 1 saturated heterocycles. The van der Waals surface area contributed by atoms with E-state index in [1.807, 2.05) is 6.92 Å². The minimum atomic E-state index is -0.392. The van der Waals surface area contributed by atoms with Crippen LogP contribution in [0.2, 0.25) is 5.02 Å². The molecule has 0 aromatic heterocycles. The van der Waals surface area contributed by atoms with E-state index in [9.17, 15) is 14.7 Å². The van der Waals surface area contributed by atoms with E-state index in [2.05, 4.69) is 0 Å². The van der Waals surface area contributed by atoms with Gasteiger partial charge >= 0.3 is 0 Å². The fourth-order valence-electron chi connectivity index (χ4n) is 2.45. The van der Waals surface area contributed by atoms with Crippen molar-refractivity contribution < 1.29 is 14.7 Å². The second-order valence-electron chi connectivity index (χ2n) is 5.15. The third-order valence-corrected chi connectivity index (χ3v) is 4.06. The molecule has 20 heavy (non-hydrogen) atoms. The summed E-state index contributed by atoms with van der Waals surface area (Å²) in [7, 11) is 0. The molecule has 1 aliphatic rings. The predicted octanol–water partition coefficient (Wildman–Crippen LogP) is 1.77. The van der Waals surface area contributed by atoms with Crippen LogP contribution >= 0.6 is 11.6 Å².